The lowest BCUT2D eigenvalue weighted by molar-refractivity contribution is -0.115. The predicted molar refractivity (Wildman–Crippen MR) is 119 cm³/mol. The standard InChI is InChI=1S/C20H12Cl3FN2O2S/c21-14-3-1-2-13(19(14)23)17-8-5-12(28-17)6-9-18(27)26-20(29)25-11-4-7-16(24)15(22)10-11/h1-10H,(H2,25,26,27,29). The highest BCUT2D eigenvalue weighted by Gasteiger charge is 2.10. The zero-order valence-corrected chi connectivity index (χ0v) is 17.6. The summed E-state index contributed by atoms with van der Waals surface area (Å²) in [5.74, 6) is -0.0697. The Balaban J connectivity index is 1.60. The molecule has 0 saturated heterocycles. The average molecular weight is 470 g/mol. The fourth-order valence-electron chi connectivity index (χ4n) is 2.33. The van der Waals surface area contributed by atoms with E-state index in [-0.39, 0.29) is 10.1 Å². The van der Waals surface area contributed by atoms with Gasteiger partial charge in [-0.15, -0.1) is 0 Å². The predicted octanol–water partition coefficient (Wildman–Crippen LogP) is 6.57. The molecule has 0 aliphatic rings. The van der Waals surface area contributed by atoms with E-state index in [0.717, 1.165) is 0 Å². The molecule has 2 N–H and O–H groups in total. The van der Waals surface area contributed by atoms with E-state index >= 15 is 0 Å². The van der Waals surface area contributed by atoms with E-state index in [0.29, 0.717) is 32.8 Å². The van der Waals surface area contributed by atoms with E-state index in [1.165, 1.54) is 30.4 Å². The van der Waals surface area contributed by atoms with Crippen molar-refractivity contribution >= 4 is 69.8 Å². The molecule has 4 nitrogen and oxygen atoms in total. The molecule has 0 atom stereocenters. The van der Waals surface area contributed by atoms with Crippen LogP contribution in [-0.4, -0.2) is 11.0 Å². The number of furan rings is 1. The minimum atomic E-state index is -0.549. The molecule has 0 unspecified atom stereocenters. The Labute approximate surface area is 186 Å². The van der Waals surface area contributed by atoms with Crippen molar-refractivity contribution in [3.8, 4) is 11.3 Å². The first-order valence-electron chi connectivity index (χ1n) is 8.13. The number of amides is 1. The Morgan fingerprint density at radius 1 is 1.07 bits per heavy atom. The van der Waals surface area contributed by atoms with E-state index in [1.807, 2.05) is 0 Å². The molecule has 1 amide bonds. The van der Waals surface area contributed by atoms with Gasteiger partial charge in [0.25, 0.3) is 0 Å². The van der Waals surface area contributed by atoms with Gasteiger partial charge in [-0.25, -0.2) is 4.39 Å². The molecule has 1 aromatic heterocycles. The molecular formula is C20H12Cl3FN2O2S. The molecule has 0 aliphatic carbocycles. The maximum absolute atomic E-state index is 13.2. The van der Waals surface area contributed by atoms with Gasteiger partial charge >= 0.3 is 0 Å². The van der Waals surface area contributed by atoms with Crippen LogP contribution in [0.4, 0.5) is 10.1 Å². The van der Waals surface area contributed by atoms with Crippen molar-refractivity contribution in [3.05, 3.63) is 81.3 Å². The molecule has 0 bridgehead atoms. The number of nitrogens with one attached hydrogen (secondary N) is 2. The van der Waals surface area contributed by atoms with Crippen LogP contribution >= 0.6 is 47.0 Å². The van der Waals surface area contributed by atoms with Gasteiger partial charge in [0.2, 0.25) is 5.91 Å². The highest BCUT2D eigenvalue weighted by atomic mass is 35.5. The van der Waals surface area contributed by atoms with Gasteiger partial charge in [-0.1, -0.05) is 40.9 Å². The van der Waals surface area contributed by atoms with Gasteiger partial charge in [-0.05, 0) is 60.8 Å². The summed E-state index contributed by atoms with van der Waals surface area (Å²) >= 11 is 22.9. The van der Waals surface area contributed by atoms with Crippen molar-refractivity contribution in [2.45, 2.75) is 0 Å². The van der Waals surface area contributed by atoms with Crippen LogP contribution < -0.4 is 10.6 Å². The molecule has 3 aromatic rings. The van der Waals surface area contributed by atoms with Gasteiger partial charge < -0.3 is 9.73 Å². The summed E-state index contributed by atoms with van der Waals surface area (Å²) in [5, 5.41) is 5.98. The van der Waals surface area contributed by atoms with Crippen LogP contribution in [0.25, 0.3) is 17.4 Å². The number of carbonyl (C=O) groups is 1. The molecule has 0 saturated carbocycles. The number of hydrogen-bond donors (Lipinski definition) is 2. The fourth-order valence-corrected chi connectivity index (χ4v) is 3.12. The van der Waals surface area contributed by atoms with Crippen molar-refractivity contribution in [2.24, 2.45) is 0 Å². The zero-order valence-electron chi connectivity index (χ0n) is 14.5. The van der Waals surface area contributed by atoms with Crippen LogP contribution in [0.2, 0.25) is 15.1 Å². The topological polar surface area (TPSA) is 54.3 Å². The third kappa shape index (κ3) is 5.58. The number of rotatable bonds is 4. The average Bonchev–Trinajstić information content (AvgIpc) is 3.14. The number of thiocarbonyl (C=S) groups is 1. The van der Waals surface area contributed by atoms with E-state index < -0.39 is 11.7 Å². The molecule has 0 fully saturated rings. The monoisotopic (exact) mass is 468 g/mol. The van der Waals surface area contributed by atoms with E-state index in [9.17, 15) is 9.18 Å². The first-order valence-corrected chi connectivity index (χ1v) is 9.67. The van der Waals surface area contributed by atoms with Crippen molar-refractivity contribution in [2.75, 3.05) is 5.32 Å². The van der Waals surface area contributed by atoms with E-state index in [4.69, 9.17) is 51.4 Å². The lowest BCUT2D eigenvalue weighted by atomic mass is 10.2. The molecule has 3 rings (SSSR count). The number of anilines is 1. The first-order chi connectivity index (χ1) is 13.8. The van der Waals surface area contributed by atoms with Gasteiger partial charge in [0.15, 0.2) is 5.11 Å². The smallest absolute Gasteiger partial charge is 0.250 e. The van der Waals surface area contributed by atoms with Crippen LogP contribution in [0, 0.1) is 5.82 Å². The summed E-state index contributed by atoms with van der Waals surface area (Å²) in [4.78, 5) is 12.0. The van der Waals surface area contributed by atoms with E-state index in [2.05, 4.69) is 10.6 Å². The molecule has 1 heterocycles. The van der Waals surface area contributed by atoms with Gasteiger partial charge in [-0.2, -0.15) is 0 Å². The highest BCUT2D eigenvalue weighted by Crippen LogP contribution is 2.34. The Morgan fingerprint density at radius 3 is 2.62 bits per heavy atom. The molecule has 0 radical (unpaired) electrons. The fraction of sp³-hybridized carbons (Fsp3) is 0. The maximum Gasteiger partial charge on any atom is 0.250 e. The number of benzene rings is 2. The van der Waals surface area contributed by atoms with Gasteiger partial charge in [-0.3, -0.25) is 10.1 Å². The Hall–Kier alpha value is -2.38. The van der Waals surface area contributed by atoms with Crippen LogP contribution in [0.3, 0.4) is 0 Å². The van der Waals surface area contributed by atoms with Crippen LogP contribution in [0.5, 0.6) is 0 Å². The highest BCUT2D eigenvalue weighted by molar-refractivity contribution is 7.80. The normalized spacial score (nSPS) is 10.9. The SMILES string of the molecule is O=C(C=Cc1ccc(-c2cccc(Cl)c2Cl)o1)NC(=S)Nc1ccc(F)c(Cl)c1. The van der Waals surface area contributed by atoms with Gasteiger partial charge in [0.1, 0.15) is 17.3 Å². The summed E-state index contributed by atoms with van der Waals surface area (Å²) < 4.78 is 18.8. The molecule has 0 spiro atoms. The van der Waals surface area contributed by atoms with Gasteiger partial charge in [0.05, 0.1) is 15.1 Å². The third-order valence-corrected chi connectivity index (χ3v) is 4.97. The minimum Gasteiger partial charge on any atom is -0.457 e. The van der Waals surface area contributed by atoms with Crippen LogP contribution in [0.15, 0.2) is 59.0 Å². The van der Waals surface area contributed by atoms with Crippen molar-refractivity contribution < 1.29 is 13.6 Å². The lowest BCUT2D eigenvalue weighted by Gasteiger charge is -2.08. The second-order valence-corrected chi connectivity index (χ2v) is 7.31. The Kier molecular flexibility index (Phi) is 6.92. The second kappa shape index (κ2) is 9.41. The summed E-state index contributed by atoms with van der Waals surface area (Å²) in [6.07, 6.45) is 2.74. The summed E-state index contributed by atoms with van der Waals surface area (Å²) in [5.41, 5.74) is 1.09. The second-order valence-electron chi connectivity index (χ2n) is 5.71. The first kappa shape index (κ1) is 21.3. The molecule has 148 valence electrons. The van der Waals surface area contributed by atoms with Crippen molar-refractivity contribution in [1.29, 1.82) is 0 Å². The lowest BCUT2D eigenvalue weighted by Crippen LogP contribution is -2.32. The molecule has 2 aromatic carbocycles. The maximum atomic E-state index is 13.2. The van der Waals surface area contributed by atoms with Crippen LogP contribution in [0.1, 0.15) is 5.76 Å². The largest absolute Gasteiger partial charge is 0.457 e. The van der Waals surface area contributed by atoms with Crippen molar-refractivity contribution in [3.63, 3.8) is 0 Å². The molecule has 0 aliphatic heterocycles. The Bertz CT molecular complexity index is 1110. The quantitative estimate of drug-likeness (QED) is 0.335. The van der Waals surface area contributed by atoms with Crippen molar-refractivity contribution in [1.82, 2.24) is 5.32 Å². The number of carbonyl (C=O) groups excluding carboxylic acids is 1. The Morgan fingerprint density at radius 2 is 1.86 bits per heavy atom. The number of hydrogen-bond acceptors (Lipinski definition) is 3. The molecular weight excluding hydrogens is 458 g/mol. The van der Waals surface area contributed by atoms with Gasteiger partial charge in [0, 0.05) is 17.3 Å². The summed E-state index contributed by atoms with van der Waals surface area (Å²) in [7, 11) is 0. The molecule has 9 heteroatoms. The van der Waals surface area contributed by atoms with E-state index in [1.54, 1.807) is 30.3 Å². The van der Waals surface area contributed by atoms with Crippen LogP contribution in [-0.2, 0) is 4.79 Å². The third-order valence-electron chi connectivity index (χ3n) is 3.66. The number of halogens is 4. The molecule has 29 heavy (non-hydrogen) atoms. The minimum absolute atomic E-state index is 0.0353. The zero-order chi connectivity index (χ0) is 21.0. The summed E-state index contributed by atoms with van der Waals surface area (Å²) in [6, 6.07) is 12.6. The summed E-state index contributed by atoms with van der Waals surface area (Å²) in [6.45, 7) is 0.